The van der Waals surface area contributed by atoms with Crippen molar-refractivity contribution in [2.24, 2.45) is 5.92 Å². The Balaban J connectivity index is 1.96. The van der Waals surface area contributed by atoms with Crippen LogP contribution >= 0.6 is 0 Å². The lowest BCUT2D eigenvalue weighted by Crippen LogP contribution is -2.44. The molecular formula is C12H22N2O4S. The molecule has 1 amide bonds. The van der Waals surface area contributed by atoms with Crippen LogP contribution in [0.15, 0.2) is 0 Å². The number of rotatable bonds is 3. The number of likely N-dealkylation sites (N-methyl/N-ethyl adjacent to an activating group) is 1. The fourth-order valence-corrected chi connectivity index (χ4v) is 4.74. The predicted molar refractivity (Wildman–Crippen MR) is 71.5 cm³/mol. The molecule has 2 aliphatic rings. The van der Waals surface area contributed by atoms with Crippen molar-refractivity contribution in [3.05, 3.63) is 0 Å². The Morgan fingerprint density at radius 1 is 1.47 bits per heavy atom. The largest absolute Gasteiger partial charge is 0.387 e. The Kier molecular flexibility index (Phi) is 3.90. The monoisotopic (exact) mass is 290 g/mol. The molecule has 2 rings (SSSR count). The summed E-state index contributed by atoms with van der Waals surface area (Å²) in [4.78, 5) is 15.8. The number of likely N-dealkylation sites (tertiary alicyclic amines) is 1. The Labute approximate surface area is 114 Å². The van der Waals surface area contributed by atoms with Gasteiger partial charge in [0.15, 0.2) is 9.84 Å². The molecule has 0 aromatic heterocycles. The third-order valence-corrected chi connectivity index (χ3v) is 5.60. The van der Waals surface area contributed by atoms with Crippen LogP contribution in [0.3, 0.4) is 0 Å². The number of carbonyl (C=O) groups is 1. The van der Waals surface area contributed by atoms with Crippen molar-refractivity contribution in [2.75, 3.05) is 45.2 Å². The molecule has 0 radical (unpaired) electrons. The molecule has 1 N–H and O–H groups in total. The Hall–Kier alpha value is -0.660. The van der Waals surface area contributed by atoms with E-state index in [1.54, 1.807) is 4.90 Å². The summed E-state index contributed by atoms with van der Waals surface area (Å²) in [5, 5.41) is 10.4. The first-order valence-electron chi connectivity index (χ1n) is 6.57. The summed E-state index contributed by atoms with van der Waals surface area (Å²) in [5.41, 5.74) is -0.864. The zero-order valence-electron chi connectivity index (χ0n) is 11.5. The number of aliphatic hydroxyl groups is 1. The number of amides is 1. The Morgan fingerprint density at radius 2 is 2.16 bits per heavy atom. The van der Waals surface area contributed by atoms with Crippen molar-refractivity contribution in [1.82, 2.24) is 9.80 Å². The molecule has 0 aromatic rings. The lowest BCUT2D eigenvalue weighted by Gasteiger charge is -2.27. The van der Waals surface area contributed by atoms with Gasteiger partial charge in [-0.3, -0.25) is 4.79 Å². The minimum atomic E-state index is -3.04. The minimum Gasteiger partial charge on any atom is -0.387 e. The van der Waals surface area contributed by atoms with E-state index in [9.17, 15) is 18.3 Å². The van der Waals surface area contributed by atoms with Crippen molar-refractivity contribution >= 4 is 15.7 Å². The molecule has 110 valence electrons. The summed E-state index contributed by atoms with van der Waals surface area (Å²) in [6.45, 7) is 1.33. The van der Waals surface area contributed by atoms with Gasteiger partial charge in [-0.25, -0.2) is 8.42 Å². The molecule has 19 heavy (non-hydrogen) atoms. The molecule has 2 atom stereocenters. The maximum atomic E-state index is 12.2. The van der Waals surface area contributed by atoms with Gasteiger partial charge in [0.05, 0.1) is 29.6 Å². The van der Waals surface area contributed by atoms with E-state index in [2.05, 4.69) is 0 Å². The average molecular weight is 290 g/mol. The first-order chi connectivity index (χ1) is 8.71. The van der Waals surface area contributed by atoms with Crippen LogP contribution in [0.2, 0.25) is 0 Å². The van der Waals surface area contributed by atoms with Crippen LogP contribution in [-0.2, 0) is 14.6 Å². The lowest BCUT2D eigenvalue weighted by molar-refractivity contribution is -0.134. The third kappa shape index (κ3) is 3.46. The molecule has 0 bridgehead atoms. The molecule has 2 unspecified atom stereocenters. The van der Waals surface area contributed by atoms with E-state index in [1.807, 2.05) is 19.0 Å². The highest BCUT2D eigenvalue weighted by Crippen LogP contribution is 2.27. The third-order valence-electron chi connectivity index (χ3n) is 3.84. The summed E-state index contributed by atoms with van der Waals surface area (Å²) in [6, 6.07) is 0. The lowest BCUT2D eigenvalue weighted by atomic mass is 10.0. The highest BCUT2D eigenvalue weighted by Gasteiger charge is 2.42. The molecule has 2 fully saturated rings. The van der Waals surface area contributed by atoms with Gasteiger partial charge < -0.3 is 14.9 Å². The maximum absolute atomic E-state index is 12.2. The van der Waals surface area contributed by atoms with E-state index in [0.29, 0.717) is 32.5 Å². The standard InChI is InChI=1S/C12H22N2O4S/c1-13(2)8-12(16)4-5-14(9-12)11(15)10-3-6-19(17,18)7-10/h10,16H,3-9H2,1-2H3. The molecule has 2 aliphatic heterocycles. The number of sulfone groups is 1. The van der Waals surface area contributed by atoms with Crippen LogP contribution in [0.1, 0.15) is 12.8 Å². The highest BCUT2D eigenvalue weighted by molar-refractivity contribution is 7.91. The van der Waals surface area contributed by atoms with Crippen LogP contribution in [0.4, 0.5) is 0 Å². The maximum Gasteiger partial charge on any atom is 0.226 e. The van der Waals surface area contributed by atoms with E-state index in [0.717, 1.165) is 0 Å². The van der Waals surface area contributed by atoms with Crippen molar-refractivity contribution < 1.29 is 18.3 Å². The Bertz CT molecular complexity index is 462. The molecule has 0 saturated carbocycles. The second kappa shape index (κ2) is 5.03. The first-order valence-corrected chi connectivity index (χ1v) is 8.39. The molecule has 0 spiro atoms. The van der Waals surface area contributed by atoms with Gasteiger partial charge in [0.2, 0.25) is 5.91 Å². The number of β-amino-alcohol motifs (C(OH)–C–C–N with tert-alkyl or cyclic N) is 1. The number of hydrogen-bond donors (Lipinski definition) is 1. The van der Waals surface area contributed by atoms with E-state index in [1.165, 1.54) is 0 Å². The second-order valence-corrected chi connectivity index (χ2v) is 8.30. The zero-order chi connectivity index (χ0) is 14.3. The molecule has 0 aromatic carbocycles. The summed E-state index contributed by atoms with van der Waals surface area (Å²) < 4.78 is 22.8. The normalized spacial score (nSPS) is 34.1. The summed E-state index contributed by atoms with van der Waals surface area (Å²) >= 11 is 0. The molecule has 2 heterocycles. The van der Waals surface area contributed by atoms with Crippen LogP contribution in [-0.4, -0.2) is 80.1 Å². The number of hydrogen-bond acceptors (Lipinski definition) is 5. The zero-order valence-corrected chi connectivity index (χ0v) is 12.3. The van der Waals surface area contributed by atoms with Crippen LogP contribution in [0.5, 0.6) is 0 Å². The number of carbonyl (C=O) groups excluding carboxylic acids is 1. The predicted octanol–water partition coefficient (Wildman–Crippen LogP) is -1.05. The van der Waals surface area contributed by atoms with Crippen molar-refractivity contribution in [3.63, 3.8) is 0 Å². The van der Waals surface area contributed by atoms with Crippen molar-refractivity contribution in [2.45, 2.75) is 18.4 Å². The number of nitrogens with zero attached hydrogens (tertiary/aromatic N) is 2. The van der Waals surface area contributed by atoms with E-state index < -0.39 is 21.4 Å². The fraction of sp³-hybridized carbons (Fsp3) is 0.917. The van der Waals surface area contributed by atoms with Gasteiger partial charge in [-0.15, -0.1) is 0 Å². The second-order valence-electron chi connectivity index (χ2n) is 6.07. The van der Waals surface area contributed by atoms with E-state index in [4.69, 9.17) is 0 Å². The summed E-state index contributed by atoms with van der Waals surface area (Å²) in [6.07, 6.45) is 0.972. The molecule has 7 heteroatoms. The molecule has 2 saturated heterocycles. The summed E-state index contributed by atoms with van der Waals surface area (Å²) in [7, 11) is 0.726. The summed E-state index contributed by atoms with van der Waals surface area (Å²) in [5.74, 6) is -0.448. The van der Waals surface area contributed by atoms with Crippen LogP contribution in [0.25, 0.3) is 0 Å². The molecule has 0 aliphatic carbocycles. The van der Waals surface area contributed by atoms with E-state index >= 15 is 0 Å². The van der Waals surface area contributed by atoms with Gasteiger partial charge in [0, 0.05) is 13.1 Å². The van der Waals surface area contributed by atoms with Gasteiger partial charge >= 0.3 is 0 Å². The van der Waals surface area contributed by atoms with Gasteiger partial charge in [-0.1, -0.05) is 0 Å². The van der Waals surface area contributed by atoms with Crippen LogP contribution < -0.4 is 0 Å². The van der Waals surface area contributed by atoms with Crippen molar-refractivity contribution in [3.8, 4) is 0 Å². The topological polar surface area (TPSA) is 77.9 Å². The van der Waals surface area contributed by atoms with Crippen molar-refractivity contribution in [1.29, 1.82) is 0 Å². The highest BCUT2D eigenvalue weighted by atomic mass is 32.2. The average Bonchev–Trinajstić information content (AvgIpc) is 2.80. The first kappa shape index (κ1) is 14.7. The fourth-order valence-electron chi connectivity index (χ4n) is 3.01. The SMILES string of the molecule is CN(C)CC1(O)CCN(C(=O)C2CCS(=O)(=O)C2)C1. The Morgan fingerprint density at radius 3 is 2.68 bits per heavy atom. The van der Waals surface area contributed by atoms with Gasteiger partial charge in [0.1, 0.15) is 0 Å². The van der Waals surface area contributed by atoms with Gasteiger partial charge in [0.25, 0.3) is 0 Å². The van der Waals surface area contributed by atoms with Crippen LogP contribution in [0, 0.1) is 5.92 Å². The van der Waals surface area contributed by atoms with Gasteiger partial charge in [-0.05, 0) is 26.9 Å². The smallest absolute Gasteiger partial charge is 0.226 e. The molecule has 6 nitrogen and oxygen atoms in total. The van der Waals surface area contributed by atoms with Gasteiger partial charge in [-0.2, -0.15) is 0 Å². The minimum absolute atomic E-state index is 0.0333. The van der Waals surface area contributed by atoms with E-state index in [-0.39, 0.29) is 17.4 Å². The molecular weight excluding hydrogens is 268 g/mol. The quantitative estimate of drug-likeness (QED) is 0.717.